The molecule has 0 radical (unpaired) electrons. The Labute approximate surface area is 176 Å². The first-order valence-corrected chi connectivity index (χ1v) is 11.3. The lowest BCUT2D eigenvalue weighted by atomic mass is 10.2. The van der Waals surface area contributed by atoms with Crippen molar-refractivity contribution in [3.63, 3.8) is 0 Å². The number of anilines is 1. The van der Waals surface area contributed by atoms with Crippen molar-refractivity contribution in [2.45, 2.75) is 37.5 Å². The molecule has 0 unspecified atom stereocenters. The second kappa shape index (κ2) is 10.8. The van der Waals surface area contributed by atoms with Gasteiger partial charge in [0.2, 0.25) is 0 Å². The van der Waals surface area contributed by atoms with Crippen molar-refractivity contribution < 1.29 is 4.74 Å². The fraction of sp³-hybridized carbons (Fsp3) is 0.381. The normalized spacial score (nSPS) is 14.1. The maximum Gasteiger partial charge on any atom is 0.170 e. The van der Waals surface area contributed by atoms with Gasteiger partial charge in [-0.15, -0.1) is 0 Å². The summed E-state index contributed by atoms with van der Waals surface area (Å²) < 4.78 is 5.98. The summed E-state index contributed by atoms with van der Waals surface area (Å²) in [7, 11) is 0. The van der Waals surface area contributed by atoms with Gasteiger partial charge in [0.1, 0.15) is 5.75 Å². The number of benzene rings is 2. The maximum atomic E-state index is 6.17. The Balaban J connectivity index is 1.32. The van der Waals surface area contributed by atoms with Gasteiger partial charge in [-0.05, 0) is 73.8 Å². The third-order valence-electron chi connectivity index (χ3n) is 4.46. The average Bonchev–Trinajstić information content (AvgIpc) is 3.17. The van der Waals surface area contributed by atoms with Gasteiger partial charge < -0.3 is 15.4 Å². The molecular weight excluding hydrogens is 396 g/mol. The molecule has 3 nitrogen and oxygen atoms in total. The topological polar surface area (TPSA) is 33.3 Å². The lowest BCUT2D eigenvalue weighted by molar-refractivity contribution is 0.210. The summed E-state index contributed by atoms with van der Waals surface area (Å²) in [5.74, 6) is 2.80. The first-order chi connectivity index (χ1) is 13.2. The molecule has 0 atom stereocenters. The van der Waals surface area contributed by atoms with Gasteiger partial charge in [0, 0.05) is 28.8 Å². The summed E-state index contributed by atoms with van der Waals surface area (Å²) in [6, 6.07) is 16.0. The number of thioether (sulfide) groups is 1. The van der Waals surface area contributed by atoms with Crippen LogP contribution in [0.5, 0.6) is 5.75 Å². The van der Waals surface area contributed by atoms with E-state index < -0.39 is 0 Å². The summed E-state index contributed by atoms with van der Waals surface area (Å²) in [5, 5.41) is 7.92. The average molecular weight is 421 g/mol. The van der Waals surface area contributed by atoms with Crippen LogP contribution >= 0.6 is 35.6 Å². The fourth-order valence-electron chi connectivity index (χ4n) is 3.03. The van der Waals surface area contributed by atoms with E-state index >= 15 is 0 Å². The van der Waals surface area contributed by atoms with Crippen LogP contribution < -0.4 is 15.4 Å². The van der Waals surface area contributed by atoms with Crippen LogP contribution in [-0.2, 0) is 5.75 Å². The Kier molecular flexibility index (Phi) is 8.11. The second-order valence-corrected chi connectivity index (χ2v) is 8.49. The van der Waals surface area contributed by atoms with Crippen LogP contribution in [-0.4, -0.2) is 23.5 Å². The predicted molar refractivity (Wildman–Crippen MR) is 121 cm³/mol. The minimum Gasteiger partial charge on any atom is -0.490 e. The van der Waals surface area contributed by atoms with E-state index in [-0.39, 0.29) is 0 Å². The highest BCUT2D eigenvalue weighted by Gasteiger charge is 2.16. The Morgan fingerprint density at radius 1 is 1.11 bits per heavy atom. The minimum atomic E-state index is 0.384. The highest BCUT2D eigenvalue weighted by Crippen LogP contribution is 2.25. The van der Waals surface area contributed by atoms with Crippen molar-refractivity contribution in [3.8, 4) is 5.75 Å². The van der Waals surface area contributed by atoms with Crippen LogP contribution in [0, 0.1) is 0 Å². The molecule has 27 heavy (non-hydrogen) atoms. The molecule has 0 aliphatic heterocycles. The fourth-order valence-corrected chi connectivity index (χ4v) is 4.39. The molecule has 6 heteroatoms. The summed E-state index contributed by atoms with van der Waals surface area (Å²) in [6.45, 7) is 0.809. The van der Waals surface area contributed by atoms with Crippen LogP contribution in [0.25, 0.3) is 0 Å². The number of rotatable bonds is 8. The van der Waals surface area contributed by atoms with Crippen LogP contribution in [0.15, 0.2) is 48.5 Å². The molecule has 1 fully saturated rings. The third-order valence-corrected chi connectivity index (χ3v) is 6.09. The zero-order valence-corrected chi connectivity index (χ0v) is 17.6. The molecule has 0 bridgehead atoms. The monoisotopic (exact) mass is 420 g/mol. The van der Waals surface area contributed by atoms with Gasteiger partial charge in [0.25, 0.3) is 0 Å². The molecule has 1 aliphatic rings. The van der Waals surface area contributed by atoms with Crippen LogP contribution in [0.3, 0.4) is 0 Å². The lowest BCUT2D eigenvalue weighted by Crippen LogP contribution is -2.30. The molecule has 0 heterocycles. The van der Waals surface area contributed by atoms with Gasteiger partial charge in [-0.25, -0.2) is 0 Å². The lowest BCUT2D eigenvalue weighted by Gasteiger charge is -2.14. The first kappa shape index (κ1) is 20.3. The highest BCUT2D eigenvalue weighted by molar-refractivity contribution is 7.98. The molecule has 2 N–H and O–H groups in total. The minimum absolute atomic E-state index is 0.384. The number of ether oxygens (including phenoxy) is 1. The molecule has 2 aromatic carbocycles. The van der Waals surface area contributed by atoms with Gasteiger partial charge in [-0.1, -0.05) is 29.8 Å². The van der Waals surface area contributed by atoms with E-state index in [1.54, 1.807) is 0 Å². The molecule has 2 aromatic rings. The Hall–Kier alpha value is -1.43. The van der Waals surface area contributed by atoms with E-state index in [1.807, 2.05) is 54.2 Å². The maximum absolute atomic E-state index is 6.17. The summed E-state index contributed by atoms with van der Waals surface area (Å²) >= 11 is 13.4. The van der Waals surface area contributed by atoms with Gasteiger partial charge in [-0.3, -0.25) is 0 Å². The van der Waals surface area contributed by atoms with E-state index in [2.05, 4.69) is 16.7 Å². The van der Waals surface area contributed by atoms with Gasteiger partial charge in [0.15, 0.2) is 5.11 Å². The Morgan fingerprint density at radius 3 is 2.59 bits per heavy atom. The predicted octanol–water partition coefficient (Wildman–Crippen LogP) is 5.88. The SMILES string of the molecule is S=C(NCCSCc1ccccc1Cl)Nc1ccc(OC2CCCC2)cc1. The quantitative estimate of drug-likeness (QED) is 0.411. The van der Waals surface area contributed by atoms with Crippen LogP contribution in [0.2, 0.25) is 5.02 Å². The van der Waals surface area contributed by atoms with Crippen molar-refractivity contribution in [2.75, 3.05) is 17.6 Å². The van der Waals surface area contributed by atoms with Gasteiger partial charge in [-0.2, -0.15) is 11.8 Å². The van der Waals surface area contributed by atoms with Crippen LogP contribution in [0.4, 0.5) is 5.69 Å². The molecule has 0 aromatic heterocycles. The molecule has 1 saturated carbocycles. The molecule has 3 rings (SSSR count). The number of hydrogen-bond acceptors (Lipinski definition) is 3. The molecule has 1 aliphatic carbocycles. The molecule has 0 amide bonds. The molecule has 0 spiro atoms. The Morgan fingerprint density at radius 2 is 1.85 bits per heavy atom. The molecule has 144 valence electrons. The standard InChI is InChI=1S/C21H25ClN2OS2/c22-20-8-4-1-5-16(20)15-27-14-13-23-21(26)24-17-9-11-19(12-10-17)25-18-6-2-3-7-18/h1,4-5,8-12,18H,2-3,6-7,13-15H2,(H2,23,24,26). The zero-order chi connectivity index (χ0) is 18.9. The van der Waals surface area contributed by atoms with E-state index in [1.165, 1.54) is 31.2 Å². The summed E-state index contributed by atoms with van der Waals surface area (Å²) in [5.41, 5.74) is 2.14. The summed E-state index contributed by atoms with van der Waals surface area (Å²) in [6.07, 6.45) is 5.28. The zero-order valence-electron chi connectivity index (χ0n) is 15.2. The van der Waals surface area contributed by atoms with E-state index in [4.69, 9.17) is 28.6 Å². The smallest absolute Gasteiger partial charge is 0.170 e. The van der Waals surface area contributed by atoms with Gasteiger partial charge >= 0.3 is 0 Å². The summed E-state index contributed by atoms with van der Waals surface area (Å²) in [4.78, 5) is 0. The van der Waals surface area contributed by atoms with Gasteiger partial charge in [0.05, 0.1) is 6.10 Å². The second-order valence-electron chi connectivity index (χ2n) is 6.57. The highest BCUT2D eigenvalue weighted by atomic mass is 35.5. The number of nitrogens with one attached hydrogen (secondary N) is 2. The van der Waals surface area contributed by atoms with Crippen molar-refractivity contribution in [2.24, 2.45) is 0 Å². The van der Waals surface area contributed by atoms with E-state index in [0.29, 0.717) is 11.2 Å². The van der Waals surface area contributed by atoms with Crippen molar-refractivity contribution in [1.29, 1.82) is 0 Å². The Bertz CT molecular complexity index is 733. The van der Waals surface area contributed by atoms with E-state index in [9.17, 15) is 0 Å². The van der Waals surface area contributed by atoms with Crippen molar-refractivity contribution in [3.05, 3.63) is 59.1 Å². The molecule has 0 saturated heterocycles. The number of halogens is 1. The van der Waals surface area contributed by atoms with Crippen molar-refractivity contribution >= 4 is 46.4 Å². The van der Waals surface area contributed by atoms with Crippen LogP contribution in [0.1, 0.15) is 31.2 Å². The largest absolute Gasteiger partial charge is 0.490 e. The number of thiocarbonyl (C=S) groups is 1. The number of hydrogen-bond donors (Lipinski definition) is 2. The third kappa shape index (κ3) is 6.91. The van der Waals surface area contributed by atoms with E-state index in [0.717, 1.165) is 34.5 Å². The van der Waals surface area contributed by atoms with Crippen molar-refractivity contribution in [1.82, 2.24) is 5.32 Å². The first-order valence-electron chi connectivity index (χ1n) is 9.33. The molecular formula is C21H25ClN2OS2.